The van der Waals surface area contributed by atoms with Crippen LogP contribution in [0.15, 0.2) is 34.9 Å². The zero-order valence-corrected chi connectivity index (χ0v) is 14.9. The van der Waals surface area contributed by atoms with Crippen molar-refractivity contribution in [3.63, 3.8) is 0 Å². The monoisotopic (exact) mass is 374 g/mol. The lowest BCUT2D eigenvalue weighted by molar-refractivity contribution is -0.118. The summed E-state index contributed by atoms with van der Waals surface area (Å²) in [7, 11) is 0. The summed E-state index contributed by atoms with van der Waals surface area (Å²) in [6, 6.07) is 5.08. The van der Waals surface area contributed by atoms with E-state index in [0.29, 0.717) is 18.8 Å². The Kier molecular flexibility index (Phi) is 4.25. The van der Waals surface area contributed by atoms with Gasteiger partial charge in [0.05, 0.1) is 6.26 Å². The van der Waals surface area contributed by atoms with E-state index in [9.17, 15) is 18.4 Å². The van der Waals surface area contributed by atoms with Gasteiger partial charge in [-0.3, -0.25) is 9.59 Å². The molecule has 1 aromatic heterocycles. The third-order valence-electron chi connectivity index (χ3n) is 5.80. The Labute approximate surface area is 155 Å². The average molecular weight is 374 g/mol. The number of carbonyl (C=O) groups is 2. The van der Waals surface area contributed by atoms with Crippen LogP contribution in [0.1, 0.15) is 35.4 Å². The lowest BCUT2D eigenvalue weighted by Crippen LogP contribution is -2.40. The van der Waals surface area contributed by atoms with Crippen LogP contribution in [0, 0.1) is 29.9 Å². The van der Waals surface area contributed by atoms with Crippen molar-refractivity contribution >= 4 is 17.5 Å². The number of carbonyl (C=O) groups excluding carboxylic acids is 2. The van der Waals surface area contributed by atoms with Gasteiger partial charge in [0.15, 0.2) is 17.4 Å². The molecular weight excluding hydrogens is 354 g/mol. The fraction of sp³-hybridized carbons (Fsp3) is 0.400. The minimum atomic E-state index is -0.988. The molecule has 1 unspecified atom stereocenters. The van der Waals surface area contributed by atoms with Crippen LogP contribution in [0.2, 0.25) is 0 Å². The molecule has 1 aliphatic heterocycles. The molecule has 2 amide bonds. The normalized spacial score (nSPS) is 20.6. The zero-order valence-electron chi connectivity index (χ0n) is 14.9. The van der Waals surface area contributed by atoms with Gasteiger partial charge in [0.25, 0.3) is 5.91 Å². The number of benzene rings is 1. The van der Waals surface area contributed by atoms with Crippen LogP contribution in [0.25, 0.3) is 0 Å². The number of hydrogen-bond acceptors (Lipinski definition) is 3. The van der Waals surface area contributed by atoms with Gasteiger partial charge in [0, 0.05) is 36.3 Å². The van der Waals surface area contributed by atoms with Gasteiger partial charge in [-0.25, -0.2) is 8.78 Å². The first-order valence-corrected chi connectivity index (χ1v) is 8.99. The van der Waals surface area contributed by atoms with Crippen LogP contribution in [0.4, 0.5) is 14.5 Å². The molecule has 2 aromatic rings. The van der Waals surface area contributed by atoms with E-state index in [-0.39, 0.29) is 28.8 Å². The van der Waals surface area contributed by atoms with E-state index in [1.165, 1.54) is 12.3 Å². The molecule has 1 N–H and O–H groups in total. The van der Waals surface area contributed by atoms with Crippen molar-refractivity contribution in [1.82, 2.24) is 4.90 Å². The fourth-order valence-electron chi connectivity index (χ4n) is 3.96. The molecule has 1 saturated heterocycles. The quantitative estimate of drug-likeness (QED) is 0.890. The summed E-state index contributed by atoms with van der Waals surface area (Å²) in [6.07, 6.45) is 3.75. The minimum Gasteiger partial charge on any atom is -0.459 e. The molecule has 142 valence electrons. The van der Waals surface area contributed by atoms with E-state index in [4.69, 9.17) is 4.42 Å². The molecule has 2 heterocycles. The lowest BCUT2D eigenvalue weighted by Gasteiger charge is -2.32. The fourth-order valence-corrected chi connectivity index (χ4v) is 3.96. The number of amides is 2. The van der Waals surface area contributed by atoms with Crippen LogP contribution < -0.4 is 5.32 Å². The first-order valence-electron chi connectivity index (χ1n) is 8.99. The van der Waals surface area contributed by atoms with E-state index >= 15 is 0 Å². The largest absolute Gasteiger partial charge is 0.459 e. The standard InChI is InChI=1S/C20H20F2N2O3/c1-12-4-9-27-17(12)19(26)24-7-5-20(6-8-24)11-14(20)18(25)23-13-2-3-15(21)16(22)10-13/h2-4,9-10,14H,5-8,11H2,1H3,(H,23,25). The van der Waals surface area contributed by atoms with Crippen LogP contribution in [-0.4, -0.2) is 29.8 Å². The average Bonchev–Trinajstić information content (AvgIpc) is 3.17. The van der Waals surface area contributed by atoms with E-state index in [1.807, 2.05) is 6.92 Å². The van der Waals surface area contributed by atoms with E-state index < -0.39 is 11.6 Å². The molecule has 1 spiro atoms. The van der Waals surface area contributed by atoms with Gasteiger partial charge in [-0.1, -0.05) is 0 Å². The van der Waals surface area contributed by atoms with Crippen molar-refractivity contribution in [2.24, 2.45) is 11.3 Å². The van der Waals surface area contributed by atoms with Gasteiger partial charge in [-0.05, 0) is 49.8 Å². The number of furan rings is 1. The predicted molar refractivity (Wildman–Crippen MR) is 94.1 cm³/mol. The maximum atomic E-state index is 13.3. The van der Waals surface area contributed by atoms with Crippen LogP contribution in [-0.2, 0) is 4.79 Å². The third-order valence-corrected chi connectivity index (χ3v) is 5.80. The van der Waals surface area contributed by atoms with Crippen molar-refractivity contribution in [2.75, 3.05) is 18.4 Å². The topological polar surface area (TPSA) is 62.6 Å². The molecule has 1 atom stereocenters. The second-order valence-electron chi connectivity index (χ2n) is 7.46. The molecule has 0 bridgehead atoms. The van der Waals surface area contributed by atoms with Gasteiger partial charge in [-0.15, -0.1) is 0 Å². The van der Waals surface area contributed by atoms with Crippen molar-refractivity contribution in [3.05, 3.63) is 53.5 Å². The number of nitrogens with zero attached hydrogens (tertiary/aromatic N) is 1. The number of anilines is 1. The molecule has 5 nitrogen and oxygen atoms in total. The summed E-state index contributed by atoms with van der Waals surface area (Å²) in [5.41, 5.74) is 0.967. The number of halogens is 2. The maximum Gasteiger partial charge on any atom is 0.289 e. The first-order chi connectivity index (χ1) is 12.9. The van der Waals surface area contributed by atoms with E-state index in [2.05, 4.69) is 5.32 Å². The predicted octanol–water partition coefficient (Wildman–Crippen LogP) is 3.75. The third kappa shape index (κ3) is 3.22. The highest BCUT2D eigenvalue weighted by molar-refractivity contribution is 5.95. The van der Waals surface area contributed by atoms with Gasteiger partial charge in [0.1, 0.15) is 0 Å². The maximum absolute atomic E-state index is 13.3. The number of hydrogen-bond donors (Lipinski definition) is 1. The molecule has 7 heteroatoms. The summed E-state index contributed by atoms with van der Waals surface area (Å²) < 4.78 is 31.6. The van der Waals surface area contributed by atoms with E-state index in [0.717, 1.165) is 37.0 Å². The second kappa shape index (κ2) is 6.48. The zero-order chi connectivity index (χ0) is 19.2. The number of aryl methyl sites for hydroxylation is 1. The first kappa shape index (κ1) is 17.7. The number of likely N-dealkylation sites (tertiary alicyclic amines) is 1. The molecule has 1 aliphatic carbocycles. The highest BCUT2D eigenvalue weighted by Gasteiger charge is 2.58. The highest BCUT2D eigenvalue weighted by atomic mass is 19.2. The summed E-state index contributed by atoms with van der Waals surface area (Å²) in [5.74, 6) is -2.01. The number of piperidine rings is 1. The number of rotatable bonds is 3. The number of nitrogens with one attached hydrogen (secondary N) is 1. The second-order valence-corrected chi connectivity index (χ2v) is 7.46. The summed E-state index contributed by atoms with van der Waals surface area (Å²) in [6.45, 7) is 2.99. The van der Waals surface area contributed by atoms with Gasteiger partial charge < -0.3 is 14.6 Å². The lowest BCUT2D eigenvalue weighted by atomic mass is 9.90. The molecule has 4 rings (SSSR count). The molecule has 2 aliphatic rings. The molecular formula is C20H20F2N2O3. The SMILES string of the molecule is Cc1ccoc1C(=O)N1CCC2(CC1)CC2C(=O)Nc1ccc(F)c(F)c1. The Balaban J connectivity index is 1.34. The highest BCUT2D eigenvalue weighted by Crippen LogP contribution is 2.59. The Morgan fingerprint density at radius 2 is 1.93 bits per heavy atom. The smallest absolute Gasteiger partial charge is 0.289 e. The Morgan fingerprint density at radius 3 is 2.56 bits per heavy atom. The van der Waals surface area contributed by atoms with Crippen molar-refractivity contribution < 1.29 is 22.8 Å². The molecule has 1 saturated carbocycles. The van der Waals surface area contributed by atoms with Gasteiger partial charge in [-0.2, -0.15) is 0 Å². The Bertz CT molecular complexity index is 900. The van der Waals surface area contributed by atoms with Crippen molar-refractivity contribution in [1.29, 1.82) is 0 Å². The summed E-state index contributed by atoms with van der Waals surface area (Å²) in [4.78, 5) is 26.7. The Hall–Kier alpha value is -2.70. The molecule has 2 fully saturated rings. The van der Waals surface area contributed by atoms with Gasteiger partial charge in [0.2, 0.25) is 5.91 Å². The molecule has 27 heavy (non-hydrogen) atoms. The van der Waals surface area contributed by atoms with Gasteiger partial charge >= 0.3 is 0 Å². The van der Waals surface area contributed by atoms with Crippen LogP contribution in [0.5, 0.6) is 0 Å². The van der Waals surface area contributed by atoms with Crippen molar-refractivity contribution in [3.8, 4) is 0 Å². The van der Waals surface area contributed by atoms with E-state index in [1.54, 1.807) is 11.0 Å². The molecule has 1 aromatic carbocycles. The Morgan fingerprint density at radius 1 is 1.19 bits per heavy atom. The van der Waals surface area contributed by atoms with Crippen LogP contribution >= 0.6 is 0 Å². The summed E-state index contributed by atoms with van der Waals surface area (Å²) >= 11 is 0. The van der Waals surface area contributed by atoms with Crippen molar-refractivity contribution in [2.45, 2.75) is 26.2 Å². The molecule has 0 radical (unpaired) electrons. The minimum absolute atomic E-state index is 0.0996. The summed E-state index contributed by atoms with van der Waals surface area (Å²) in [5, 5.41) is 2.67. The van der Waals surface area contributed by atoms with Crippen LogP contribution in [0.3, 0.4) is 0 Å².